The van der Waals surface area contributed by atoms with E-state index in [4.69, 9.17) is 27.6 Å². The van der Waals surface area contributed by atoms with Crippen molar-refractivity contribution in [2.45, 2.75) is 6.18 Å². The summed E-state index contributed by atoms with van der Waals surface area (Å²) in [6, 6.07) is 12.6. The topological polar surface area (TPSA) is 88.9 Å². The number of alkyl halides is 3. The Hall–Kier alpha value is -3.63. The summed E-state index contributed by atoms with van der Waals surface area (Å²) >= 11 is 12.0. The third kappa shape index (κ3) is 4.35. The predicted molar refractivity (Wildman–Crippen MR) is 116 cm³/mol. The van der Waals surface area contributed by atoms with Gasteiger partial charge in [-0.15, -0.1) is 0 Å². The van der Waals surface area contributed by atoms with Crippen LogP contribution in [0.4, 0.5) is 24.5 Å². The van der Waals surface area contributed by atoms with E-state index in [0.717, 1.165) is 12.1 Å². The molecular weight excluding hydrogens is 486 g/mol. The number of amides is 1. The predicted octanol–water partition coefficient (Wildman–Crippen LogP) is 6.51. The number of halogens is 5. The number of rotatable bonds is 4. The number of hydrazone groups is 1. The molecule has 2 heterocycles. The van der Waals surface area contributed by atoms with Gasteiger partial charge in [-0.2, -0.15) is 23.3 Å². The molecule has 33 heavy (non-hydrogen) atoms. The van der Waals surface area contributed by atoms with Gasteiger partial charge in [0.2, 0.25) is 0 Å². The summed E-state index contributed by atoms with van der Waals surface area (Å²) in [4.78, 5) is 23.0. The van der Waals surface area contributed by atoms with Crippen LogP contribution in [0.15, 0.2) is 69.7 Å². The number of furan rings is 1. The third-order valence-corrected chi connectivity index (χ3v) is 5.17. The fourth-order valence-electron chi connectivity index (χ4n) is 3.08. The lowest BCUT2D eigenvalue weighted by molar-refractivity contribution is -0.384. The van der Waals surface area contributed by atoms with Crippen LogP contribution in [0.2, 0.25) is 10.0 Å². The van der Waals surface area contributed by atoms with Gasteiger partial charge in [0.25, 0.3) is 11.6 Å². The summed E-state index contributed by atoms with van der Waals surface area (Å²) in [7, 11) is 0. The number of carbonyl (C=O) groups excluding carboxylic acids is 1. The van der Waals surface area contributed by atoms with E-state index in [1.54, 1.807) is 18.2 Å². The van der Waals surface area contributed by atoms with Gasteiger partial charge in [0.1, 0.15) is 16.5 Å². The van der Waals surface area contributed by atoms with Crippen LogP contribution in [0.5, 0.6) is 0 Å². The van der Waals surface area contributed by atoms with Crippen LogP contribution in [-0.2, 0) is 4.79 Å². The van der Waals surface area contributed by atoms with Crippen molar-refractivity contribution in [3.63, 3.8) is 0 Å². The molecule has 0 radical (unpaired) electrons. The molecule has 4 rings (SSSR count). The van der Waals surface area contributed by atoms with E-state index in [-0.39, 0.29) is 32.8 Å². The first-order chi connectivity index (χ1) is 15.6. The molecule has 0 aliphatic carbocycles. The normalized spacial score (nSPS) is 15.3. The Balaban J connectivity index is 1.73. The maximum absolute atomic E-state index is 13.6. The van der Waals surface area contributed by atoms with E-state index in [2.05, 4.69) is 5.10 Å². The number of para-hydroxylation sites is 1. The zero-order chi connectivity index (χ0) is 23.9. The Morgan fingerprint density at radius 2 is 1.76 bits per heavy atom. The molecule has 0 N–H and O–H groups in total. The second-order valence-corrected chi connectivity index (χ2v) is 7.51. The van der Waals surface area contributed by atoms with Crippen molar-refractivity contribution in [1.82, 2.24) is 0 Å². The molecule has 0 saturated heterocycles. The van der Waals surface area contributed by atoms with E-state index < -0.39 is 34.0 Å². The van der Waals surface area contributed by atoms with Crippen molar-refractivity contribution < 1.29 is 27.3 Å². The van der Waals surface area contributed by atoms with Gasteiger partial charge in [-0.1, -0.05) is 41.4 Å². The molecule has 0 atom stereocenters. The Bertz CT molecular complexity index is 1330. The van der Waals surface area contributed by atoms with Crippen LogP contribution < -0.4 is 5.01 Å². The van der Waals surface area contributed by atoms with Crippen molar-refractivity contribution in [2.24, 2.45) is 5.10 Å². The zero-order valence-corrected chi connectivity index (χ0v) is 17.6. The number of hydrogen-bond donors (Lipinski definition) is 0. The molecule has 0 fully saturated rings. The smallest absolute Gasteiger partial charge is 0.435 e. The van der Waals surface area contributed by atoms with Crippen LogP contribution in [0.3, 0.4) is 0 Å². The first-order valence-electron chi connectivity index (χ1n) is 9.07. The van der Waals surface area contributed by atoms with Gasteiger partial charge in [-0.25, -0.2) is 0 Å². The minimum atomic E-state index is -4.89. The highest BCUT2D eigenvalue weighted by atomic mass is 35.5. The molecule has 1 aliphatic rings. The molecule has 12 heteroatoms. The molecule has 1 aliphatic heterocycles. The Morgan fingerprint density at radius 3 is 2.39 bits per heavy atom. The van der Waals surface area contributed by atoms with Crippen LogP contribution in [0.25, 0.3) is 17.4 Å². The summed E-state index contributed by atoms with van der Waals surface area (Å²) in [5.41, 5.74) is -2.14. The molecule has 0 saturated carbocycles. The molecule has 3 aromatic rings. The Morgan fingerprint density at radius 1 is 1.06 bits per heavy atom. The quantitative estimate of drug-likeness (QED) is 0.234. The van der Waals surface area contributed by atoms with Crippen molar-refractivity contribution in [3.8, 4) is 11.3 Å². The summed E-state index contributed by atoms with van der Waals surface area (Å²) in [5.74, 6) is -0.992. The second kappa shape index (κ2) is 8.38. The number of benzene rings is 2. The second-order valence-electron chi connectivity index (χ2n) is 6.70. The lowest BCUT2D eigenvalue weighted by Crippen LogP contribution is -2.25. The summed E-state index contributed by atoms with van der Waals surface area (Å²) in [5, 5.41) is 14.9. The average Bonchev–Trinajstić information content (AvgIpc) is 3.35. The number of anilines is 1. The van der Waals surface area contributed by atoms with Gasteiger partial charge in [-0.05, 0) is 36.4 Å². The number of carbonyl (C=O) groups is 1. The van der Waals surface area contributed by atoms with E-state index in [1.165, 1.54) is 30.3 Å². The standard InChI is InChI=1S/C21H10Cl2F3N3O4/c22-15-10-17(29(31)32)16(23)9-13(15)18-7-6-12(33-18)8-14-19(21(24,25)26)27-28(20(14)30)11-4-2-1-3-5-11/h1-10H/b14-8-. The fraction of sp³-hybridized carbons (Fsp3) is 0.0476. The maximum Gasteiger partial charge on any atom is 0.435 e. The molecule has 1 amide bonds. The molecule has 0 spiro atoms. The summed E-state index contributed by atoms with van der Waals surface area (Å²) in [6.45, 7) is 0. The number of nitro groups is 1. The van der Waals surface area contributed by atoms with Crippen LogP contribution >= 0.6 is 23.2 Å². The largest absolute Gasteiger partial charge is 0.457 e. The number of nitrogens with zero attached hydrogens (tertiary/aromatic N) is 3. The summed E-state index contributed by atoms with van der Waals surface area (Å²) in [6.07, 6.45) is -3.97. The number of nitro benzene ring substituents is 1. The zero-order valence-electron chi connectivity index (χ0n) is 16.1. The lowest BCUT2D eigenvalue weighted by Gasteiger charge is -2.10. The maximum atomic E-state index is 13.6. The number of hydrogen-bond acceptors (Lipinski definition) is 5. The van der Waals surface area contributed by atoms with E-state index in [1.807, 2.05) is 0 Å². The molecule has 1 aromatic heterocycles. The molecule has 168 valence electrons. The van der Waals surface area contributed by atoms with Gasteiger partial charge in [-0.3, -0.25) is 14.9 Å². The minimum Gasteiger partial charge on any atom is -0.457 e. The first-order valence-corrected chi connectivity index (χ1v) is 9.83. The van der Waals surface area contributed by atoms with Crippen molar-refractivity contribution in [2.75, 3.05) is 5.01 Å². The average molecular weight is 496 g/mol. The van der Waals surface area contributed by atoms with E-state index >= 15 is 0 Å². The van der Waals surface area contributed by atoms with Crippen molar-refractivity contribution in [3.05, 3.63) is 86.1 Å². The van der Waals surface area contributed by atoms with Crippen molar-refractivity contribution >= 4 is 52.3 Å². The molecule has 0 bridgehead atoms. The minimum absolute atomic E-state index is 0.0515. The van der Waals surface area contributed by atoms with Crippen LogP contribution in [0, 0.1) is 10.1 Å². The molecule has 2 aromatic carbocycles. The van der Waals surface area contributed by atoms with Crippen LogP contribution in [0.1, 0.15) is 5.76 Å². The first kappa shape index (κ1) is 22.6. The molecule has 0 unspecified atom stereocenters. The van der Waals surface area contributed by atoms with Gasteiger partial charge < -0.3 is 4.42 Å². The van der Waals surface area contributed by atoms with Gasteiger partial charge in [0, 0.05) is 11.6 Å². The monoisotopic (exact) mass is 495 g/mol. The highest BCUT2D eigenvalue weighted by Gasteiger charge is 2.47. The molecule has 7 nitrogen and oxygen atoms in total. The van der Waals surface area contributed by atoms with E-state index in [0.29, 0.717) is 5.01 Å². The van der Waals surface area contributed by atoms with Crippen LogP contribution in [-0.4, -0.2) is 22.7 Å². The Labute approximate surface area is 193 Å². The van der Waals surface area contributed by atoms with Gasteiger partial charge >= 0.3 is 6.18 Å². The third-order valence-electron chi connectivity index (χ3n) is 4.56. The Kier molecular flexibility index (Phi) is 5.73. The van der Waals surface area contributed by atoms with Crippen molar-refractivity contribution in [1.29, 1.82) is 0 Å². The molecular formula is C21H10Cl2F3N3O4. The highest BCUT2D eigenvalue weighted by Crippen LogP contribution is 2.38. The highest BCUT2D eigenvalue weighted by molar-refractivity contribution is 6.37. The summed E-state index contributed by atoms with van der Waals surface area (Å²) < 4.78 is 46.3. The fourth-order valence-corrected chi connectivity index (χ4v) is 3.56. The SMILES string of the molecule is O=C1/C(=C\c2ccc(-c3cc(Cl)c([N+](=O)[O-])cc3Cl)o2)C(C(F)(F)F)=NN1c1ccccc1. The van der Waals surface area contributed by atoms with Gasteiger partial charge in [0.15, 0.2) is 5.71 Å². The van der Waals surface area contributed by atoms with Gasteiger partial charge in [0.05, 0.1) is 21.2 Å². The lowest BCUT2D eigenvalue weighted by atomic mass is 10.1. The van der Waals surface area contributed by atoms with E-state index in [9.17, 15) is 28.1 Å².